The zero-order valence-electron chi connectivity index (χ0n) is 11.9. The number of hydrogen-bond donors (Lipinski definition) is 1. The zero-order chi connectivity index (χ0) is 16.4. The third-order valence-corrected chi connectivity index (χ3v) is 4.02. The highest BCUT2D eigenvalue weighted by molar-refractivity contribution is 7.98. The van der Waals surface area contributed by atoms with Crippen molar-refractivity contribution < 1.29 is 9.13 Å². The number of benzene rings is 1. The SMILES string of the molecule is COc1ccc(CSc2nc3c(C#N)cnn3c(=O)[nH]2)c(F)c1. The molecule has 0 spiro atoms. The lowest BCUT2D eigenvalue weighted by molar-refractivity contribution is 0.411. The fourth-order valence-electron chi connectivity index (χ4n) is 1.93. The third-order valence-electron chi connectivity index (χ3n) is 3.10. The molecule has 1 aromatic carbocycles. The summed E-state index contributed by atoms with van der Waals surface area (Å²) in [5.74, 6) is 0.301. The van der Waals surface area contributed by atoms with Crippen molar-refractivity contribution in [3.63, 3.8) is 0 Å². The van der Waals surface area contributed by atoms with Gasteiger partial charge in [0.2, 0.25) is 0 Å². The van der Waals surface area contributed by atoms with Gasteiger partial charge in [0.05, 0.1) is 13.3 Å². The maximum Gasteiger partial charge on any atom is 0.350 e. The summed E-state index contributed by atoms with van der Waals surface area (Å²) in [5.41, 5.74) is 0.323. The molecule has 0 aliphatic rings. The Hall–Kier alpha value is -2.86. The molecule has 0 amide bonds. The van der Waals surface area contributed by atoms with Crippen LogP contribution in [0.1, 0.15) is 11.1 Å². The van der Waals surface area contributed by atoms with Gasteiger partial charge in [-0.05, 0) is 11.6 Å². The van der Waals surface area contributed by atoms with Crippen molar-refractivity contribution in [2.45, 2.75) is 10.9 Å². The second-order valence-corrected chi connectivity index (χ2v) is 5.46. The van der Waals surface area contributed by atoms with E-state index < -0.39 is 11.5 Å². The molecule has 0 aliphatic carbocycles. The lowest BCUT2D eigenvalue weighted by Gasteiger charge is -2.05. The summed E-state index contributed by atoms with van der Waals surface area (Å²) >= 11 is 1.15. The molecule has 1 N–H and O–H groups in total. The highest BCUT2D eigenvalue weighted by Crippen LogP contribution is 2.23. The molecule has 3 rings (SSSR count). The molecule has 0 saturated heterocycles. The van der Waals surface area contributed by atoms with Gasteiger partial charge >= 0.3 is 5.69 Å². The van der Waals surface area contributed by atoms with E-state index >= 15 is 0 Å². The molecule has 0 aliphatic heterocycles. The number of methoxy groups -OCH3 is 1. The Bertz CT molecular complexity index is 975. The van der Waals surface area contributed by atoms with Crippen molar-refractivity contribution >= 4 is 17.4 Å². The van der Waals surface area contributed by atoms with Crippen molar-refractivity contribution in [3.05, 3.63) is 51.8 Å². The summed E-state index contributed by atoms with van der Waals surface area (Å²) in [4.78, 5) is 18.6. The average molecular weight is 331 g/mol. The van der Waals surface area contributed by atoms with Crippen molar-refractivity contribution in [1.29, 1.82) is 5.26 Å². The first-order chi connectivity index (χ1) is 11.1. The average Bonchev–Trinajstić information content (AvgIpc) is 2.97. The summed E-state index contributed by atoms with van der Waals surface area (Å²) in [5, 5.41) is 13.0. The molecule has 23 heavy (non-hydrogen) atoms. The summed E-state index contributed by atoms with van der Waals surface area (Å²) in [6.45, 7) is 0. The number of thioether (sulfide) groups is 1. The number of nitrogens with one attached hydrogen (secondary N) is 1. The van der Waals surface area contributed by atoms with Crippen LogP contribution in [-0.2, 0) is 5.75 Å². The Kier molecular flexibility index (Phi) is 3.99. The minimum Gasteiger partial charge on any atom is -0.497 e. The van der Waals surface area contributed by atoms with Gasteiger partial charge in [0.25, 0.3) is 0 Å². The highest BCUT2D eigenvalue weighted by atomic mass is 32.2. The van der Waals surface area contributed by atoms with Gasteiger partial charge < -0.3 is 4.74 Å². The number of nitrogens with zero attached hydrogens (tertiary/aromatic N) is 4. The van der Waals surface area contributed by atoms with E-state index in [0.717, 1.165) is 16.3 Å². The standard InChI is InChI=1S/C14H10FN5O2S/c1-22-10-3-2-8(11(15)4-10)7-23-13-18-12-9(5-16)6-17-20(12)14(21)19-13/h2-4,6H,7H2,1H3,(H,18,19,21). The molecule has 0 unspecified atom stereocenters. The number of rotatable bonds is 4. The van der Waals surface area contributed by atoms with E-state index in [2.05, 4.69) is 15.1 Å². The van der Waals surface area contributed by atoms with Crippen LogP contribution in [0.15, 0.2) is 34.3 Å². The molecule has 2 aromatic heterocycles. The van der Waals surface area contributed by atoms with Crippen LogP contribution >= 0.6 is 11.8 Å². The second-order valence-electron chi connectivity index (χ2n) is 4.50. The molecule has 3 aromatic rings. The maximum atomic E-state index is 13.9. The number of hydrogen-bond acceptors (Lipinski definition) is 6. The molecule has 0 saturated carbocycles. The predicted molar refractivity (Wildman–Crippen MR) is 80.8 cm³/mol. The fraction of sp³-hybridized carbons (Fsp3) is 0.143. The second kappa shape index (κ2) is 6.10. The van der Waals surface area contributed by atoms with Crippen molar-refractivity contribution in [3.8, 4) is 11.8 Å². The Morgan fingerprint density at radius 1 is 1.52 bits per heavy atom. The summed E-state index contributed by atoms with van der Waals surface area (Å²) in [7, 11) is 1.46. The summed E-state index contributed by atoms with van der Waals surface area (Å²) < 4.78 is 19.9. The summed E-state index contributed by atoms with van der Waals surface area (Å²) in [6, 6.07) is 6.47. The van der Waals surface area contributed by atoms with Crippen LogP contribution in [0, 0.1) is 17.1 Å². The molecule has 116 valence electrons. The molecule has 9 heteroatoms. The van der Waals surface area contributed by atoms with Crippen molar-refractivity contribution in [2.75, 3.05) is 7.11 Å². The van der Waals surface area contributed by atoms with Gasteiger partial charge in [-0.25, -0.2) is 14.2 Å². The van der Waals surface area contributed by atoms with E-state index in [9.17, 15) is 9.18 Å². The van der Waals surface area contributed by atoms with E-state index in [1.165, 1.54) is 19.4 Å². The maximum absolute atomic E-state index is 13.9. The minimum atomic E-state index is -0.505. The largest absolute Gasteiger partial charge is 0.497 e. The lowest BCUT2D eigenvalue weighted by atomic mass is 10.2. The lowest BCUT2D eigenvalue weighted by Crippen LogP contribution is -2.19. The van der Waals surface area contributed by atoms with Gasteiger partial charge in [-0.3, -0.25) is 4.98 Å². The zero-order valence-corrected chi connectivity index (χ0v) is 12.7. The number of fused-ring (bicyclic) bond motifs is 1. The van der Waals surface area contributed by atoms with Crippen LogP contribution < -0.4 is 10.4 Å². The topological polar surface area (TPSA) is 96.1 Å². The number of aromatic amines is 1. The number of nitriles is 1. The van der Waals surface area contributed by atoms with Gasteiger partial charge in [0.15, 0.2) is 10.8 Å². The number of aromatic nitrogens is 4. The third kappa shape index (κ3) is 2.89. The molecular weight excluding hydrogens is 321 g/mol. The monoisotopic (exact) mass is 331 g/mol. The molecule has 0 bridgehead atoms. The number of H-pyrrole nitrogens is 1. The van der Waals surface area contributed by atoms with E-state index in [0.29, 0.717) is 11.3 Å². The number of ether oxygens (including phenoxy) is 1. The van der Waals surface area contributed by atoms with Crippen molar-refractivity contribution in [1.82, 2.24) is 19.6 Å². The quantitative estimate of drug-likeness (QED) is 0.731. The van der Waals surface area contributed by atoms with Crippen LogP contribution in [0.4, 0.5) is 4.39 Å². The first kappa shape index (κ1) is 15.1. The van der Waals surface area contributed by atoms with Gasteiger partial charge in [-0.2, -0.15) is 14.9 Å². The van der Waals surface area contributed by atoms with E-state index in [1.54, 1.807) is 12.1 Å². The molecule has 2 heterocycles. The van der Waals surface area contributed by atoms with Crippen LogP contribution in [0.25, 0.3) is 5.65 Å². The Balaban J connectivity index is 1.87. The smallest absolute Gasteiger partial charge is 0.350 e. The van der Waals surface area contributed by atoms with Gasteiger partial charge in [-0.15, -0.1) is 0 Å². The summed E-state index contributed by atoms with van der Waals surface area (Å²) in [6.07, 6.45) is 1.27. The predicted octanol–water partition coefficient (Wildman–Crippen LogP) is 1.73. The van der Waals surface area contributed by atoms with Crippen molar-refractivity contribution in [2.24, 2.45) is 0 Å². The van der Waals surface area contributed by atoms with Crippen LogP contribution in [0.2, 0.25) is 0 Å². The molecular formula is C14H10FN5O2S. The van der Waals surface area contributed by atoms with Crippen LogP contribution in [0.5, 0.6) is 5.75 Å². The molecule has 0 atom stereocenters. The minimum absolute atomic E-state index is 0.175. The molecule has 0 radical (unpaired) electrons. The first-order valence-electron chi connectivity index (χ1n) is 6.45. The van der Waals surface area contributed by atoms with Gasteiger partial charge in [-0.1, -0.05) is 17.8 Å². The van der Waals surface area contributed by atoms with Crippen LogP contribution in [-0.4, -0.2) is 26.7 Å². The van der Waals surface area contributed by atoms with Crippen LogP contribution in [0.3, 0.4) is 0 Å². The molecule has 0 fully saturated rings. The highest BCUT2D eigenvalue weighted by Gasteiger charge is 2.11. The van der Waals surface area contributed by atoms with E-state index in [-0.39, 0.29) is 22.1 Å². The van der Waals surface area contributed by atoms with E-state index in [1.807, 2.05) is 6.07 Å². The normalized spacial score (nSPS) is 10.7. The van der Waals surface area contributed by atoms with Gasteiger partial charge in [0, 0.05) is 11.8 Å². The first-order valence-corrected chi connectivity index (χ1v) is 7.44. The Morgan fingerprint density at radius 3 is 3.04 bits per heavy atom. The fourth-order valence-corrected chi connectivity index (χ4v) is 2.77. The van der Waals surface area contributed by atoms with Gasteiger partial charge in [0.1, 0.15) is 23.2 Å². The Labute approximate surface area is 133 Å². The Morgan fingerprint density at radius 2 is 2.35 bits per heavy atom. The van der Waals surface area contributed by atoms with E-state index in [4.69, 9.17) is 10.00 Å². The number of halogens is 1. The molecule has 7 nitrogen and oxygen atoms in total.